The number of hydrogen-bond acceptors (Lipinski definition) is 2. The van der Waals surface area contributed by atoms with Gasteiger partial charge in [-0.25, -0.2) is 13.2 Å². The van der Waals surface area contributed by atoms with Gasteiger partial charge in [0.2, 0.25) is 0 Å². The van der Waals surface area contributed by atoms with Crippen molar-refractivity contribution < 1.29 is 22.7 Å². The lowest BCUT2D eigenvalue weighted by Gasteiger charge is -2.09. The molecule has 0 bridgehead atoms. The molecule has 0 aliphatic heterocycles. The number of hydrogen-bond donors (Lipinski definition) is 1. The first-order valence-corrected chi connectivity index (χ1v) is 6.60. The van der Waals surface area contributed by atoms with Crippen molar-refractivity contribution in [1.82, 2.24) is 5.32 Å². The number of rotatable bonds is 5. The van der Waals surface area contributed by atoms with Gasteiger partial charge < -0.3 is 10.1 Å². The molecule has 22 heavy (non-hydrogen) atoms. The lowest BCUT2D eigenvalue weighted by Crippen LogP contribution is -2.29. The number of amides is 1. The van der Waals surface area contributed by atoms with Gasteiger partial charge in [-0.15, -0.1) is 0 Å². The maximum atomic E-state index is 13.4. The van der Waals surface area contributed by atoms with Crippen molar-refractivity contribution in [3.8, 4) is 5.75 Å². The first kappa shape index (κ1) is 15.9. The molecule has 0 heterocycles. The zero-order valence-electron chi connectivity index (χ0n) is 11.8. The van der Waals surface area contributed by atoms with Crippen molar-refractivity contribution in [2.75, 3.05) is 13.2 Å². The summed E-state index contributed by atoms with van der Waals surface area (Å²) in [6.07, 6.45) is 0. The van der Waals surface area contributed by atoms with Crippen LogP contribution in [0.5, 0.6) is 5.75 Å². The minimum atomic E-state index is -1.66. The molecule has 1 N–H and O–H groups in total. The van der Waals surface area contributed by atoms with Crippen LogP contribution in [-0.2, 0) is 0 Å². The Labute approximate surface area is 125 Å². The van der Waals surface area contributed by atoms with E-state index < -0.39 is 28.9 Å². The smallest absolute Gasteiger partial charge is 0.254 e. The van der Waals surface area contributed by atoms with Crippen LogP contribution in [0, 0.1) is 24.4 Å². The number of benzene rings is 2. The minimum Gasteiger partial charge on any atom is -0.492 e. The first-order valence-electron chi connectivity index (χ1n) is 6.60. The quantitative estimate of drug-likeness (QED) is 0.680. The van der Waals surface area contributed by atoms with E-state index in [1.54, 1.807) is 12.1 Å². The Morgan fingerprint density at radius 3 is 2.41 bits per heavy atom. The van der Waals surface area contributed by atoms with E-state index in [1.165, 1.54) is 0 Å². The zero-order chi connectivity index (χ0) is 16.1. The SMILES string of the molecule is Cc1ccc(OCCNC(=O)c2ccc(F)c(F)c2F)cc1. The summed E-state index contributed by atoms with van der Waals surface area (Å²) >= 11 is 0. The number of halogens is 3. The Bertz CT molecular complexity index is 672. The monoisotopic (exact) mass is 309 g/mol. The van der Waals surface area contributed by atoms with Gasteiger partial charge in [-0.1, -0.05) is 17.7 Å². The molecule has 0 atom stereocenters. The Morgan fingerprint density at radius 2 is 1.73 bits per heavy atom. The van der Waals surface area contributed by atoms with Gasteiger partial charge in [0.15, 0.2) is 17.5 Å². The van der Waals surface area contributed by atoms with Gasteiger partial charge in [0, 0.05) is 0 Å². The second kappa shape index (κ2) is 6.98. The summed E-state index contributed by atoms with van der Waals surface area (Å²) < 4.78 is 44.6. The molecule has 116 valence electrons. The van der Waals surface area contributed by atoms with Gasteiger partial charge in [0.25, 0.3) is 5.91 Å². The standard InChI is InChI=1S/C16H14F3NO2/c1-10-2-4-11(5-3-10)22-9-8-20-16(21)12-6-7-13(17)15(19)14(12)18/h2-7H,8-9H2,1H3,(H,20,21). The van der Waals surface area contributed by atoms with Crippen molar-refractivity contribution in [1.29, 1.82) is 0 Å². The van der Waals surface area contributed by atoms with E-state index in [-0.39, 0.29) is 13.2 Å². The molecule has 0 saturated carbocycles. The number of nitrogens with one attached hydrogen (secondary N) is 1. The highest BCUT2D eigenvalue weighted by molar-refractivity contribution is 5.94. The fourth-order valence-corrected chi connectivity index (χ4v) is 1.76. The fraction of sp³-hybridized carbons (Fsp3) is 0.188. The molecule has 0 aliphatic carbocycles. The number of aryl methyl sites for hydroxylation is 1. The third-order valence-electron chi connectivity index (χ3n) is 2.96. The van der Waals surface area contributed by atoms with Crippen LogP contribution in [-0.4, -0.2) is 19.1 Å². The Hall–Kier alpha value is -2.50. The maximum absolute atomic E-state index is 13.4. The average molecular weight is 309 g/mol. The molecule has 2 aromatic rings. The van der Waals surface area contributed by atoms with Crippen molar-refractivity contribution in [2.24, 2.45) is 0 Å². The highest BCUT2D eigenvalue weighted by Gasteiger charge is 2.18. The highest BCUT2D eigenvalue weighted by Crippen LogP contribution is 2.15. The van der Waals surface area contributed by atoms with Gasteiger partial charge in [-0.3, -0.25) is 4.79 Å². The van der Waals surface area contributed by atoms with E-state index >= 15 is 0 Å². The van der Waals surface area contributed by atoms with E-state index in [9.17, 15) is 18.0 Å². The van der Waals surface area contributed by atoms with E-state index in [0.29, 0.717) is 11.8 Å². The molecule has 6 heteroatoms. The van der Waals surface area contributed by atoms with Crippen LogP contribution in [0.25, 0.3) is 0 Å². The Balaban J connectivity index is 1.85. The molecule has 0 aromatic heterocycles. The van der Waals surface area contributed by atoms with Crippen molar-refractivity contribution in [3.63, 3.8) is 0 Å². The van der Waals surface area contributed by atoms with Crippen LogP contribution in [0.3, 0.4) is 0 Å². The van der Waals surface area contributed by atoms with Crippen molar-refractivity contribution in [3.05, 3.63) is 65.0 Å². The topological polar surface area (TPSA) is 38.3 Å². The molecule has 0 unspecified atom stereocenters. The third-order valence-corrected chi connectivity index (χ3v) is 2.96. The van der Waals surface area contributed by atoms with Crippen LogP contribution in [0.1, 0.15) is 15.9 Å². The molecule has 2 aromatic carbocycles. The number of carbonyl (C=O) groups excluding carboxylic acids is 1. The highest BCUT2D eigenvalue weighted by atomic mass is 19.2. The van der Waals surface area contributed by atoms with Crippen molar-refractivity contribution >= 4 is 5.91 Å². The average Bonchev–Trinajstić information content (AvgIpc) is 2.51. The molecule has 2 rings (SSSR count). The van der Waals surface area contributed by atoms with Gasteiger partial charge in [0.1, 0.15) is 12.4 Å². The van der Waals surface area contributed by atoms with Crippen LogP contribution in [0.4, 0.5) is 13.2 Å². The third kappa shape index (κ3) is 3.78. The lowest BCUT2D eigenvalue weighted by atomic mass is 10.2. The van der Waals surface area contributed by atoms with Crippen molar-refractivity contribution in [2.45, 2.75) is 6.92 Å². The molecule has 3 nitrogen and oxygen atoms in total. The van der Waals surface area contributed by atoms with E-state index in [2.05, 4.69) is 5.32 Å². The molecular formula is C16H14F3NO2. The summed E-state index contributed by atoms with van der Waals surface area (Å²) in [5, 5.41) is 2.38. The molecule has 0 aliphatic rings. The largest absolute Gasteiger partial charge is 0.492 e. The van der Waals surface area contributed by atoms with E-state index in [1.807, 2.05) is 19.1 Å². The normalized spacial score (nSPS) is 10.4. The molecule has 0 radical (unpaired) electrons. The zero-order valence-corrected chi connectivity index (χ0v) is 11.8. The summed E-state index contributed by atoms with van der Waals surface area (Å²) in [5.74, 6) is -4.69. The van der Waals surface area contributed by atoms with Crippen LogP contribution in [0.15, 0.2) is 36.4 Å². The van der Waals surface area contributed by atoms with Crippen LogP contribution < -0.4 is 10.1 Å². The summed E-state index contributed by atoms with van der Waals surface area (Å²) in [6.45, 7) is 2.21. The first-order chi connectivity index (χ1) is 10.5. The molecule has 0 fully saturated rings. The molecule has 0 spiro atoms. The fourth-order valence-electron chi connectivity index (χ4n) is 1.76. The number of carbonyl (C=O) groups is 1. The van der Waals surface area contributed by atoms with Gasteiger partial charge in [-0.2, -0.15) is 0 Å². The Morgan fingerprint density at radius 1 is 1.05 bits per heavy atom. The molecular weight excluding hydrogens is 295 g/mol. The van der Waals surface area contributed by atoms with Gasteiger partial charge in [-0.05, 0) is 31.2 Å². The second-order valence-electron chi connectivity index (χ2n) is 4.64. The van der Waals surface area contributed by atoms with Gasteiger partial charge >= 0.3 is 0 Å². The summed E-state index contributed by atoms with van der Waals surface area (Å²) in [7, 11) is 0. The van der Waals surface area contributed by atoms with E-state index in [0.717, 1.165) is 11.6 Å². The second-order valence-corrected chi connectivity index (χ2v) is 4.64. The maximum Gasteiger partial charge on any atom is 0.254 e. The lowest BCUT2D eigenvalue weighted by molar-refractivity contribution is 0.0941. The Kier molecular flexibility index (Phi) is 5.04. The molecule has 0 saturated heterocycles. The summed E-state index contributed by atoms with van der Waals surface area (Å²) in [6, 6.07) is 8.92. The molecule has 1 amide bonds. The van der Waals surface area contributed by atoms with E-state index in [4.69, 9.17) is 4.74 Å². The predicted molar refractivity (Wildman–Crippen MR) is 75.3 cm³/mol. The van der Waals surface area contributed by atoms with Gasteiger partial charge in [0.05, 0.1) is 12.1 Å². The van der Waals surface area contributed by atoms with Crippen LogP contribution in [0.2, 0.25) is 0 Å². The summed E-state index contributed by atoms with van der Waals surface area (Å²) in [4.78, 5) is 11.7. The predicted octanol–water partition coefficient (Wildman–Crippen LogP) is 3.22. The minimum absolute atomic E-state index is 0.102. The summed E-state index contributed by atoms with van der Waals surface area (Å²) in [5.41, 5.74) is 0.545. The van der Waals surface area contributed by atoms with Crippen LogP contribution >= 0.6 is 0 Å². The number of ether oxygens (including phenoxy) is 1.